The van der Waals surface area contributed by atoms with Crippen LogP contribution in [0.4, 0.5) is 0 Å². The highest BCUT2D eigenvalue weighted by atomic mass is 79.9. The summed E-state index contributed by atoms with van der Waals surface area (Å²) in [4.78, 5) is 12.3. The SMILES string of the molecule is C[C@H](NS(=O)(=O)c1ccc(Br)cc1)C(=O)NCc1ccc2c(c1)OCO2. The van der Waals surface area contributed by atoms with E-state index in [1.807, 2.05) is 6.07 Å². The van der Waals surface area contributed by atoms with Crippen molar-refractivity contribution in [3.05, 3.63) is 52.5 Å². The number of rotatable bonds is 6. The van der Waals surface area contributed by atoms with Crippen LogP contribution in [0.15, 0.2) is 51.8 Å². The maximum atomic E-state index is 12.3. The Labute approximate surface area is 159 Å². The molecule has 7 nitrogen and oxygen atoms in total. The number of nitrogens with one attached hydrogen (secondary N) is 2. The largest absolute Gasteiger partial charge is 0.454 e. The van der Waals surface area contributed by atoms with Gasteiger partial charge in [0.1, 0.15) is 0 Å². The second-order valence-electron chi connectivity index (χ2n) is 5.70. The molecule has 0 aromatic heterocycles. The monoisotopic (exact) mass is 440 g/mol. The van der Waals surface area contributed by atoms with Crippen molar-refractivity contribution in [2.24, 2.45) is 0 Å². The molecule has 9 heteroatoms. The molecule has 0 unspecified atom stereocenters. The highest BCUT2D eigenvalue weighted by Gasteiger charge is 2.22. The van der Waals surface area contributed by atoms with Gasteiger partial charge in [-0.15, -0.1) is 0 Å². The molecular formula is C17H17BrN2O5S. The van der Waals surface area contributed by atoms with Crippen LogP contribution in [0.1, 0.15) is 12.5 Å². The average Bonchev–Trinajstić information content (AvgIpc) is 3.07. The Balaban J connectivity index is 1.58. The van der Waals surface area contributed by atoms with Crippen molar-refractivity contribution in [1.29, 1.82) is 0 Å². The van der Waals surface area contributed by atoms with Crippen LogP contribution in [0.25, 0.3) is 0 Å². The smallest absolute Gasteiger partial charge is 0.241 e. The summed E-state index contributed by atoms with van der Waals surface area (Å²) in [7, 11) is -3.78. The van der Waals surface area contributed by atoms with E-state index in [1.54, 1.807) is 24.3 Å². The summed E-state index contributed by atoms with van der Waals surface area (Å²) in [6.45, 7) is 1.92. The van der Waals surface area contributed by atoms with Crippen LogP contribution >= 0.6 is 15.9 Å². The molecule has 1 aliphatic heterocycles. The van der Waals surface area contributed by atoms with E-state index in [9.17, 15) is 13.2 Å². The third-order valence-corrected chi connectivity index (χ3v) is 5.84. The molecule has 1 atom stereocenters. The highest BCUT2D eigenvalue weighted by Crippen LogP contribution is 2.32. The minimum absolute atomic E-state index is 0.0936. The van der Waals surface area contributed by atoms with Crippen LogP contribution in [0, 0.1) is 0 Å². The van der Waals surface area contributed by atoms with Gasteiger partial charge in [-0.25, -0.2) is 8.42 Å². The number of ether oxygens (including phenoxy) is 2. The predicted octanol–water partition coefficient (Wildman–Crippen LogP) is 2.16. The first-order valence-corrected chi connectivity index (χ1v) is 10.1. The lowest BCUT2D eigenvalue weighted by atomic mass is 10.2. The number of benzene rings is 2. The van der Waals surface area contributed by atoms with Gasteiger partial charge >= 0.3 is 0 Å². The summed E-state index contributed by atoms with van der Waals surface area (Å²) < 4.78 is 38.3. The van der Waals surface area contributed by atoms with Gasteiger partial charge in [-0.3, -0.25) is 4.79 Å². The zero-order valence-electron chi connectivity index (χ0n) is 13.9. The molecule has 2 aromatic carbocycles. The molecule has 0 aliphatic carbocycles. The molecule has 138 valence electrons. The first-order chi connectivity index (χ1) is 12.3. The molecule has 1 amide bonds. The van der Waals surface area contributed by atoms with E-state index in [2.05, 4.69) is 26.0 Å². The molecule has 0 spiro atoms. The van der Waals surface area contributed by atoms with Crippen molar-refractivity contribution >= 4 is 31.9 Å². The Morgan fingerprint density at radius 3 is 2.58 bits per heavy atom. The average molecular weight is 441 g/mol. The molecule has 26 heavy (non-hydrogen) atoms. The van der Waals surface area contributed by atoms with Gasteiger partial charge in [-0.05, 0) is 48.9 Å². The standard InChI is InChI=1S/C17H17BrN2O5S/c1-11(20-26(22,23)14-5-3-13(18)4-6-14)17(21)19-9-12-2-7-15-16(8-12)25-10-24-15/h2-8,11,20H,9-10H2,1H3,(H,19,21)/t11-/m0/s1. The van der Waals surface area contributed by atoms with Gasteiger partial charge in [0, 0.05) is 11.0 Å². The quantitative estimate of drug-likeness (QED) is 0.717. The number of amides is 1. The van der Waals surface area contributed by atoms with Gasteiger partial charge in [0.15, 0.2) is 11.5 Å². The molecule has 1 aliphatic rings. The molecule has 3 rings (SSSR count). The minimum atomic E-state index is -3.78. The van der Waals surface area contributed by atoms with Crippen LogP contribution in [0.2, 0.25) is 0 Å². The third kappa shape index (κ3) is 4.35. The van der Waals surface area contributed by atoms with E-state index in [1.165, 1.54) is 19.1 Å². The van der Waals surface area contributed by atoms with E-state index in [4.69, 9.17) is 9.47 Å². The van der Waals surface area contributed by atoms with Gasteiger partial charge in [-0.2, -0.15) is 4.72 Å². The number of sulfonamides is 1. The molecule has 2 N–H and O–H groups in total. The summed E-state index contributed by atoms with van der Waals surface area (Å²) in [5.74, 6) is 0.861. The minimum Gasteiger partial charge on any atom is -0.454 e. The van der Waals surface area contributed by atoms with Gasteiger partial charge in [-0.1, -0.05) is 22.0 Å². The third-order valence-electron chi connectivity index (χ3n) is 3.75. The van der Waals surface area contributed by atoms with E-state index >= 15 is 0 Å². The number of halogens is 1. The fourth-order valence-corrected chi connectivity index (χ4v) is 3.83. The number of fused-ring (bicyclic) bond motifs is 1. The van der Waals surface area contributed by atoms with Crippen molar-refractivity contribution < 1.29 is 22.7 Å². The highest BCUT2D eigenvalue weighted by molar-refractivity contribution is 9.10. The molecular weight excluding hydrogens is 424 g/mol. The van der Waals surface area contributed by atoms with E-state index < -0.39 is 22.0 Å². The Kier molecular flexibility index (Phi) is 5.49. The maximum absolute atomic E-state index is 12.3. The van der Waals surface area contributed by atoms with Crippen LogP contribution in [-0.2, 0) is 21.4 Å². The fraction of sp³-hybridized carbons (Fsp3) is 0.235. The van der Waals surface area contributed by atoms with Gasteiger partial charge < -0.3 is 14.8 Å². The summed E-state index contributed by atoms with van der Waals surface area (Å²) >= 11 is 3.25. The lowest BCUT2D eigenvalue weighted by Crippen LogP contribution is -2.44. The molecule has 0 saturated carbocycles. The Hall–Kier alpha value is -2.10. The van der Waals surface area contributed by atoms with Crippen molar-refractivity contribution in [3.63, 3.8) is 0 Å². The van der Waals surface area contributed by atoms with Crippen molar-refractivity contribution in [2.45, 2.75) is 24.4 Å². The zero-order valence-corrected chi connectivity index (χ0v) is 16.3. The van der Waals surface area contributed by atoms with Gasteiger partial charge in [0.2, 0.25) is 22.7 Å². The summed E-state index contributed by atoms with van der Waals surface area (Å²) in [5, 5.41) is 2.70. The van der Waals surface area contributed by atoms with Crippen LogP contribution in [0.3, 0.4) is 0 Å². The summed E-state index contributed by atoms with van der Waals surface area (Å²) in [6, 6.07) is 10.6. The lowest BCUT2D eigenvalue weighted by molar-refractivity contribution is -0.122. The van der Waals surface area contributed by atoms with Gasteiger partial charge in [0.05, 0.1) is 10.9 Å². The predicted molar refractivity (Wildman–Crippen MR) is 98.3 cm³/mol. The van der Waals surface area contributed by atoms with E-state index in [0.29, 0.717) is 11.5 Å². The van der Waals surface area contributed by atoms with Crippen molar-refractivity contribution in [3.8, 4) is 11.5 Å². The molecule has 0 bridgehead atoms. The lowest BCUT2D eigenvalue weighted by Gasteiger charge is -2.14. The number of hydrogen-bond acceptors (Lipinski definition) is 5. The molecule has 1 heterocycles. The first kappa shape index (κ1) is 18.7. The maximum Gasteiger partial charge on any atom is 0.241 e. The molecule has 2 aromatic rings. The number of carbonyl (C=O) groups excluding carboxylic acids is 1. The molecule has 0 fully saturated rings. The normalized spacial score (nSPS) is 14.1. The van der Waals surface area contributed by atoms with Crippen molar-refractivity contribution in [1.82, 2.24) is 10.0 Å². The summed E-state index contributed by atoms with van der Waals surface area (Å²) in [6.07, 6.45) is 0. The molecule has 0 radical (unpaired) electrons. The van der Waals surface area contributed by atoms with Crippen LogP contribution in [-0.4, -0.2) is 27.2 Å². The number of hydrogen-bond donors (Lipinski definition) is 2. The Morgan fingerprint density at radius 1 is 1.15 bits per heavy atom. The zero-order chi connectivity index (χ0) is 18.7. The second-order valence-corrected chi connectivity index (χ2v) is 8.33. The number of carbonyl (C=O) groups is 1. The van der Waals surface area contributed by atoms with E-state index in [-0.39, 0.29) is 18.2 Å². The second kappa shape index (κ2) is 7.65. The summed E-state index contributed by atoms with van der Waals surface area (Å²) in [5.41, 5.74) is 0.825. The topological polar surface area (TPSA) is 93.7 Å². The van der Waals surface area contributed by atoms with Crippen LogP contribution in [0.5, 0.6) is 11.5 Å². The van der Waals surface area contributed by atoms with Crippen LogP contribution < -0.4 is 19.5 Å². The first-order valence-electron chi connectivity index (χ1n) is 7.79. The Morgan fingerprint density at radius 2 is 1.85 bits per heavy atom. The molecule has 0 saturated heterocycles. The Bertz CT molecular complexity index is 915. The van der Waals surface area contributed by atoms with Gasteiger partial charge in [0.25, 0.3) is 0 Å². The van der Waals surface area contributed by atoms with Crippen molar-refractivity contribution in [2.75, 3.05) is 6.79 Å². The fourth-order valence-electron chi connectivity index (χ4n) is 2.36. The van der Waals surface area contributed by atoms with E-state index in [0.717, 1.165) is 10.0 Å².